The molecule has 134 valence electrons. The Labute approximate surface area is 152 Å². The average Bonchev–Trinajstić information content (AvgIpc) is 2.65. The van der Waals surface area contributed by atoms with Crippen LogP contribution in [0.25, 0.3) is 0 Å². The minimum atomic E-state index is -3.75. The van der Waals surface area contributed by atoms with Gasteiger partial charge in [0.25, 0.3) is 10.0 Å². The maximum Gasteiger partial charge on any atom is 0.262 e. The van der Waals surface area contributed by atoms with Crippen LogP contribution in [-0.4, -0.2) is 20.5 Å². The minimum absolute atomic E-state index is 0.143. The van der Waals surface area contributed by atoms with E-state index >= 15 is 0 Å². The predicted octanol–water partition coefficient (Wildman–Crippen LogP) is 3.94. The van der Waals surface area contributed by atoms with Crippen LogP contribution < -0.4 is 14.8 Å². The van der Waals surface area contributed by atoms with Gasteiger partial charge in [-0.25, -0.2) is 13.4 Å². The molecule has 7 heteroatoms. The predicted molar refractivity (Wildman–Crippen MR) is 103 cm³/mol. The lowest BCUT2D eigenvalue weighted by atomic mass is 10.2. The van der Waals surface area contributed by atoms with Crippen molar-refractivity contribution in [3.63, 3.8) is 0 Å². The van der Waals surface area contributed by atoms with Gasteiger partial charge in [-0.2, -0.15) is 0 Å². The molecule has 0 atom stereocenters. The maximum atomic E-state index is 12.7. The Kier molecular flexibility index (Phi) is 5.09. The summed E-state index contributed by atoms with van der Waals surface area (Å²) in [6.45, 7) is 1.96. The van der Waals surface area contributed by atoms with E-state index < -0.39 is 10.0 Å². The molecule has 1 aromatic heterocycles. The third-order valence-electron chi connectivity index (χ3n) is 3.82. The number of aromatic nitrogens is 1. The summed E-state index contributed by atoms with van der Waals surface area (Å²) in [5.74, 6) is 1.02. The van der Waals surface area contributed by atoms with Crippen molar-refractivity contribution in [3.05, 3.63) is 72.4 Å². The Balaban J connectivity index is 1.89. The Morgan fingerprint density at radius 3 is 2.31 bits per heavy atom. The summed E-state index contributed by atoms with van der Waals surface area (Å²) in [5.41, 5.74) is 2.25. The molecule has 0 saturated heterocycles. The summed E-state index contributed by atoms with van der Waals surface area (Å²) in [5, 5.41) is 3.18. The first-order valence-electron chi connectivity index (χ1n) is 7.94. The van der Waals surface area contributed by atoms with E-state index in [2.05, 4.69) is 15.0 Å². The molecule has 0 fully saturated rings. The molecule has 26 heavy (non-hydrogen) atoms. The number of nitrogens with one attached hydrogen (secondary N) is 2. The van der Waals surface area contributed by atoms with E-state index in [1.54, 1.807) is 30.5 Å². The number of aryl methyl sites for hydroxylation is 1. The second kappa shape index (κ2) is 7.45. The van der Waals surface area contributed by atoms with Crippen LogP contribution in [0.15, 0.2) is 71.8 Å². The monoisotopic (exact) mass is 369 g/mol. The van der Waals surface area contributed by atoms with Gasteiger partial charge in [0.05, 0.1) is 17.7 Å². The van der Waals surface area contributed by atoms with Gasteiger partial charge < -0.3 is 10.1 Å². The van der Waals surface area contributed by atoms with Crippen molar-refractivity contribution in [1.82, 2.24) is 4.98 Å². The molecule has 3 aromatic rings. The quantitative estimate of drug-likeness (QED) is 0.688. The molecule has 0 unspecified atom stereocenters. The van der Waals surface area contributed by atoms with Crippen LogP contribution in [0.4, 0.5) is 17.2 Å². The van der Waals surface area contributed by atoms with Crippen molar-refractivity contribution >= 4 is 27.2 Å². The number of sulfonamides is 1. The second-order valence-electron chi connectivity index (χ2n) is 5.62. The van der Waals surface area contributed by atoms with Crippen molar-refractivity contribution < 1.29 is 13.2 Å². The van der Waals surface area contributed by atoms with Gasteiger partial charge in [0.1, 0.15) is 5.75 Å². The molecule has 3 rings (SSSR count). The summed E-state index contributed by atoms with van der Waals surface area (Å²) in [7, 11) is -2.22. The molecule has 0 bridgehead atoms. The SMILES string of the molecule is COc1ccc(S(=O)(=O)Nc2cccnc2Nc2ccccc2C)cc1. The molecule has 0 saturated carbocycles. The number of benzene rings is 2. The molecule has 2 aromatic carbocycles. The van der Waals surface area contributed by atoms with Gasteiger partial charge in [-0.1, -0.05) is 18.2 Å². The molecular weight excluding hydrogens is 350 g/mol. The molecule has 0 aliphatic heterocycles. The van der Waals surface area contributed by atoms with Crippen molar-refractivity contribution in [1.29, 1.82) is 0 Å². The van der Waals surface area contributed by atoms with Crippen molar-refractivity contribution in [2.75, 3.05) is 17.1 Å². The smallest absolute Gasteiger partial charge is 0.262 e. The van der Waals surface area contributed by atoms with Crippen molar-refractivity contribution in [2.24, 2.45) is 0 Å². The molecule has 0 radical (unpaired) electrons. The summed E-state index contributed by atoms with van der Waals surface area (Å²) in [6, 6.07) is 17.2. The Hall–Kier alpha value is -3.06. The Morgan fingerprint density at radius 1 is 0.923 bits per heavy atom. The first-order valence-corrected chi connectivity index (χ1v) is 9.42. The normalized spacial score (nSPS) is 11.0. The molecule has 1 heterocycles. The lowest BCUT2D eigenvalue weighted by Crippen LogP contribution is -2.14. The highest BCUT2D eigenvalue weighted by Gasteiger charge is 2.17. The van der Waals surface area contributed by atoms with Gasteiger partial charge in [-0.3, -0.25) is 4.72 Å². The van der Waals surface area contributed by atoms with Crippen LogP contribution >= 0.6 is 0 Å². The number of nitrogens with zero attached hydrogens (tertiary/aromatic N) is 1. The highest BCUT2D eigenvalue weighted by atomic mass is 32.2. The molecule has 0 amide bonds. The number of rotatable bonds is 6. The van der Waals surface area contributed by atoms with Crippen molar-refractivity contribution in [2.45, 2.75) is 11.8 Å². The largest absolute Gasteiger partial charge is 0.497 e. The Morgan fingerprint density at radius 2 is 1.62 bits per heavy atom. The fourth-order valence-electron chi connectivity index (χ4n) is 2.39. The van der Waals surface area contributed by atoms with E-state index in [9.17, 15) is 8.42 Å². The highest BCUT2D eigenvalue weighted by Crippen LogP contribution is 2.27. The number of methoxy groups -OCH3 is 1. The zero-order chi connectivity index (χ0) is 18.6. The van der Waals surface area contributed by atoms with Crippen LogP contribution in [0.2, 0.25) is 0 Å². The first kappa shape index (κ1) is 17.8. The zero-order valence-electron chi connectivity index (χ0n) is 14.4. The van der Waals surface area contributed by atoms with E-state index in [0.717, 1.165) is 11.3 Å². The van der Waals surface area contributed by atoms with Gasteiger partial charge in [0, 0.05) is 11.9 Å². The second-order valence-corrected chi connectivity index (χ2v) is 7.30. The van der Waals surface area contributed by atoms with Crippen LogP contribution in [-0.2, 0) is 10.0 Å². The van der Waals surface area contributed by atoms with Gasteiger partial charge in [-0.15, -0.1) is 0 Å². The molecular formula is C19H19N3O3S. The van der Waals surface area contributed by atoms with E-state index in [0.29, 0.717) is 17.3 Å². The fraction of sp³-hybridized carbons (Fsp3) is 0.105. The summed E-state index contributed by atoms with van der Waals surface area (Å²) in [6.07, 6.45) is 1.60. The molecule has 0 aliphatic rings. The lowest BCUT2D eigenvalue weighted by Gasteiger charge is -2.14. The third kappa shape index (κ3) is 3.94. The number of hydrogen-bond donors (Lipinski definition) is 2. The topological polar surface area (TPSA) is 80.3 Å². The molecule has 2 N–H and O–H groups in total. The molecule has 0 spiro atoms. The summed E-state index contributed by atoms with van der Waals surface area (Å²) in [4.78, 5) is 4.40. The van der Waals surface area contributed by atoms with Crippen LogP contribution in [0.5, 0.6) is 5.75 Å². The van der Waals surface area contributed by atoms with Crippen LogP contribution in [0.1, 0.15) is 5.56 Å². The average molecular weight is 369 g/mol. The number of anilines is 3. The molecule has 0 aliphatic carbocycles. The maximum absolute atomic E-state index is 12.7. The van der Waals surface area contributed by atoms with E-state index in [4.69, 9.17) is 4.74 Å². The summed E-state index contributed by atoms with van der Waals surface area (Å²) >= 11 is 0. The van der Waals surface area contributed by atoms with Gasteiger partial charge in [-0.05, 0) is 55.0 Å². The summed E-state index contributed by atoms with van der Waals surface area (Å²) < 4.78 is 33.0. The lowest BCUT2D eigenvalue weighted by molar-refractivity contribution is 0.414. The first-order chi connectivity index (χ1) is 12.5. The van der Waals surface area contributed by atoms with Gasteiger partial charge in [0.2, 0.25) is 0 Å². The number of pyridine rings is 1. The standard InChI is InChI=1S/C19H19N3O3S/c1-14-6-3-4-7-17(14)21-19-18(8-5-13-20-19)22-26(23,24)16-11-9-15(25-2)10-12-16/h3-13,22H,1-2H3,(H,20,21). The van der Waals surface area contributed by atoms with Crippen LogP contribution in [0.3, 0.4) is 0 Å². The fourth-order valence-corrected chi connectivity index (χ4v) is 3.45. The van der Waals surface area contributed by atoms with Gasteiger partial charge >= 0.3 is 0 Å². The van der Waals surface area contributed by atoms with E-state index in [1.165, 1.54) is 19.2 Å². The van der Waals surface area contributed by atoms with Crippen molar-refractivity contribution in [3.8, 4) is 5.75 Å². The number of hydrogen-bond acceptors (Lipinski definition) is 5. The van der Waals surface area contributed by atoms with E-state index in [1.807, 2.05) is 31.2 Å². The van der Waals surface area contributed by atoms with Gasteiger partial charge in [0.15, 0.2) is 5.82 Å². The highest BCUT2D eigenvalue weighted by molar-refractivity contribution is 7.92. The third-order valence-corrected chi connectivity index (χ3v) is 5.20. The number of para-hydroxylation sites is 1. The minimum Gasteiger partial charge on any atom is -0.497 e. The number of ether oxygens (including phenoxy) is 1. The molecule has 6 nitrogen and oxygen atoms in total. The Bertz CT molecular complexity index is 1000. The van der Waals surface area contributed by atoms with E-state index in [-0.39, 0.29) is 4.90 Å². The van der Waals surface area contributed by atoms with Crippen LogP contribution in [0, 0.1) is 6.92 Å². The zero-order valence-corrected chi connectivity index (χ0v) is 15.2.